The first kappa shape index (κ1) is 19.7. The molecule has 30 heavy (non-hydrogen) atoms. The van der Waals surface area contributed by atoms with E-state index in [0.717, 1.165) is 21.6 Å². The number of carbonyl (C=O) groups excluding carboxylic acids is 1. The molecule has 0 saturated carbocycles. The Morgan fingerprint density at radius 1 is 1.20 bits per heavy atom. The van der Waals surface area contributed by atoms with Crippen molar-refractivity contribution in [3.05, 3.63) is 52.1 Å². The second-order valence-electron chi connectivity index (χ2n) is 6.34. The topological polar surface area (TPSA) is 86.4 Å². The van der Waals surface area contributed by atoms with Crippen molar-refractivity contribution >= 4 is 29.1 Å². The van der Waals surface area contributed by atoms with Crippen LogP contribution in [0.3, 0.4) is 0 Å². The third-order valence-electron chi connectivity index (χ3n) is 4.54. The SMILES string of the molecule is CN=c1scc(-c2ccc3c(c2)NC(=O)CO3)n1N=Cc1ccc(OC)cc1OC. The van der Waals surface area contributed by atoms with Crippen LogP contribution in [-0.4, -0.2) is 44.7 Å². The number of methoxy groups -OCH3 is 2. The Labute approximate surface area is 177 Å². The number of ether oxygens (including phenoxy) is 3. The summed E-state index contributed by atoms with van der Waals surface area (Å²) >= 11 is 1.47. The van der Waals surface area contributed by atoms with E-state index in [1.165, 1.54) is 11.3 Å². The molecule has 0 saturated heterocycles. The number of anilines is 1. The lowest BCUT2D eigenvalue weighted by Crippen LogP contribution is -2.25. The highest BCUT2D eigenvalue weighted by Gasteiger charge is 2.17. The maximum absolute atomic E-state index is 11.7. The number of hydrogen-bond acceptors (Lipinski definition) is 7. The van der Waals surface area contributed by atoms with Crippen LogP contribution < -0.4 is 24.3 Å². The molecule has 154 valence electrons. The first-order valence-corrected chi connectivity index (χ1v) is 9.97. The molecule has 1 amide bonds. The molecule has 0 aliphatic carbocycles. The Hall–Kier alpha value is -3.59. The van der Waals surface area contributed by atoms with Crippen LogP contribution in [0.1, 0.15) is 5.56 Å². The van der Waals surface area contributed by atoms with Crippen molar-refractivity contribution in [3.63, 3.8) is 0 Å². The number of fused-ring (bicyclic) bond motifs is 1. The normalized spacial score (nSPS) is 13.7. The third-order valence-corrected chi connectivity index (χ3v) is 5.45. The summed E-state index contributed by atoms with van der Waals surface area (Å²) in [5.41, 5.74) is 3.16. The summed E-state index contributed by atoms with van der Waals surface area (Å²) < 4.78 is 17.9. The molecule has 1 N–H and O–H groups in total. The zero-order valence-electron chi connectivity index (χ0n) is 16.7. The van der Waals surface area contributed by atoms with E-state index >= 15 is 0 Å². The van der Waals surface area contributed by atoms with Gasteiger partial charge in [0.2, 0.25) is 4.80 Å². The molecule has 8 nitrogen and oxygen atoms in total. The van der Waals surface area contributed by atoms with Crippen LogP contribution in [-0.2, 0) is 4.79 Å². The second-order valence-corrected chi connectivity index (χ2v) is 7.18. The Morgan fingerprint density at radius 2 is 2.07 bits per heavy atom. The van der Waals surface area contributed by atoms with Gasteiger partial charge < -0.3 is 19.5 Å². The van der Waals surface area contributed by atoms with Gasteiger partial charge in [-0.25, -0.2) is 4.68 Å². The van der Waals surface area contributed by atoms with E-state index in [0.29, 0.717) is 22.9 Å². The smallest absolute Gasteiger partial charge is 0.262 e. The third kappa shape index (κ3) is 3.79. The number of amides is 1. The predicted molar refractivity (Wildman–Crippen MR) is 116 cm³/mol. The number of rotatable bonds is 5. The van der Waals surface area contributed by atoms with E-state index in [-0.39, 0.29) is 12.5 Å². The van der Waals surface area contributed by atoms with Gasteiger partial charge in [-0.1, -0.05) is 0 Å². The highest BCUT2D eigenvalue weighted by Crippen LogP contribution is 2.33. The molecule has 0 spiro atoms. The lowest BCUT2D eigenvalue weighted by atomic mass is 10.1. The van der Waals surface area contributed by atoms with E-state index in [2.05, 4.69) is 15.4 Å². The van der Waals surface area contributed by atoms with Crippen LogP contribution in [0.4, 0.5) is 5.69 Å². The van der Waals surface area contributed by atoms with Crippen LogP contribution in [0.15, 0.2) is 51.9 Å². The summed E-state index contributed by atoms with van der Waals surface area (Å²) in [5, 5.41) is 9.45. The number of nitrogens with zero attached hydrogens (tertiary/aromatic N) is 3. The highest BCUT2D eigenvalue weighted by atomic mass is 32.1. The standard InChI is InChI=1S/C21H20N4O4S/c1-22-21-25(23-10-14-4-6-15(27-2)9-19(14)28-3)17(12-30-21)13-5-7-18-16(8-13)24-20(26)11-29-18/h4-10,12H,11H2,1-3H3,(H,24,26). The summed E-state index contributed by atoms with van der Waals surface area (Å²) in [6, 6.07) is 11.2. The van der Waals surface area contributed by atoms with Gasteiger partial charge >= 0.3 is 0 Å². The molecule has 1 aromatic heterocycles. The van der Waals surface area contributed by atoms with Gasteiger partial charge in [-0.3, -0.25) is 9.79 Å². The summed E-state index contributed by atoms with van der Waals surface area (Å²) in [5.74, 6) is 1.83. The molecule has 1 aliphatic rings. The molecular weight excluding hydrogens is 404 g/mol. The van der Waals surface area contributed by atoms with Crippen LogP contribution in [0.25, 0.3) is 11.3 Å². The predicted octanol–water partition coefficient (Wildman–Crippen LogP) is 2.98. The maximum atomic E-state index is 11.7. The van der Waals surface area contributed by atoms with Gasteiger partial charge in [0.1, 0.15) is 17.2 Å². The summed E-state index contributed by atoms with van der Waals surface area (Å²) in [6.45, 7) is 0.0254. The quantitative estimate of drug-likeness (QED) is 0.638. The van der Waals surface area contributed by atoms with Gasteiger partial charge in [-0.15, -0.1) is 11.3 Å². The zero-order valence-corrected chi connectivity index (χ0v) is 17.5. The minimum absolute atomic E-state index is 0.0254. The first-order chi connectivity index (χ1) is 14.6. The molecule has 0 unspecified atom stereocenters. The first-order valence-electron chi connectivity index (χ1n) is 9.09. The zero-order chi connectivity index (χ0) is 21.1. The molecule has 0 radical (unpaired) electrons. The van der Waals surface area contributed by atoms with Crippen molar-refractivity contribution in [2.24, 2.45) is 10.1 Å². The fourth-order valence-corrected chi connectivity index (χ4v) is 3.85. The van der Waals surface area contributed by atoms with E-state index in [1.807, 2.05) is 35.7 Å². The molecule has 0 atom stereocenters. The average Bonchev–Trinajstić information content (AvgIpc) is 3.19. The summed E-state index contributed by atoms with van der Waals surface area (Å²) in [7, 11) is 4.93. The van der Waals surface area contributed by atoms with Crippen molar-refractivity contribution in [1.29, 1.82) is 0 Å². The van der Waals surface area contributed by atoms with Crippen LogP contribution in [0, 0.1) is 0 Å². The van der Waals surface area contributed by atoms with E-state index in [1.54, 1.807) is 38.2 Å². The highest BCUT2D eigenvalue weighted by molar-refractivity contribution is 7.07. The lowest BCUT2D eigenvalue weighted by Gasteiger charge is -2.18. The second kappa shape index (κ2) is 8.42. The molecule has 0 bridgehead atoms. The van der Waals surface area contributed by atoms with Gasteiger partial charge in [-0.2, -0.15) is 5.10 Å². The van der Waals surface area contributed by atoms with Crippen LogP contribution in [0.2, 0.25) is 0 Å². The van der Waals surface area contributed by atoms with E-state index < -0.39 is 0 Å². The van der Waals surface area contributed by atoms with Crippen molar-refractivity contribution in [3.8, 4) is 28.5 Å². The Balaban J connectivity index is 1.74. The fourth-order valence-electron chi connectivity index (χ4n) is 3.05. The summed E-state index contributed by atoms with van der Waals surface area (Å²) in [6.07, 6.45) is 1.71. The molecule has 2 aromatic carbocycles. The molecule has 4 rings (SSSR count). The van der Waals surface area contributed by atoms with Gasteiger partial charge in [0.05, 0.1) is 31.8 Å². The minimum Gasteiger partial charge on any atom is -0.497 e. The van der Waals surface area contributed by atoms with Gasteiger partial charge in [0, 0.05) is 29.6 Å². The van der Waals surface area contributed by atoms with E-state index in [9.17, 15) is 4.79 Å². The van der Waals surface area contributed by atoms with E-state index in [4.69, 9.17) is 14.2 Å². The number of nitrogens with one attached hydrogen (secondary N) is 1. The monoisotopic (exact) mass is 424 g/mol. The van der Waals surface area contributed by atoms with Crippen molar-refractivity contribution in [2.75, 3.05) is 33.2 Å². The van der Waals surface area contributed by atoms with Crippen LogP contribution in [0.5, 0.6) is 17.2 Å². The minimum atomic E-state index is -0.174. The lowest BCUT2D eigenvalue weighted by molar-refractivity contribution is -0.118. The Morgan fingerprint density at radius 3 is 2.83 bits per heavy atom. The van der Waals surface area contributed by atoms with Gasteiger partial charge in [0.25, 0.3) is 5.91 Å². The number of benzene rings is 2. The largest absolute Gasteiger partial charge is 0.497 e. The Kier molecular flexibility index (Phi) is 5.53. The number of aromatic nitrogens is 1. The Bertz CT molecular complexity index is 1200. The molecule has 0 fully saturated rings. The number of thiazole rings is 1. The molecule has 1 aliphatic heterocycles. The number of carbonyl (C=O) groups is 1. The average molecular weight is 424 g/mol. The van der Waals surface area contributed by atoms with Gasteiger partial charge in [-0.05, 0) is 30.3 Å². The molecular formula is C21H20N4O4S. The van der Waals surface area contributed by atoms with Crippen LogP contribution >= 0.6 is 11.3 Å². The van der Waals surface area contributed by atoms with Crippen molar-refractivity contribution in [2.45, 2.75) is 0 Å². The maximum Gasteiger partial charge on any atom is 0.262 e. The molecule has 2 heterocycles. The van der Waals surface area contributed by atoms with Crippen molar-refractivity contribution < 1.29 is 19.0 Å². The number of hydrogen-bond donors (Lipinski definition) is 1. The molecule has 3 aromatic rings. The molecule has 9 heteroatoms. The van der Waals surface area contributed by atoms with Crippen molar-refractivity contribution in [1.82, 2.24) is 4.68 Å². The summed E-state index contributed by atoms with van der Waals surface area (Å²) in [4.78, 5) is 16.7. The fraction of sp³-hybridized carbons (Fsp3) is 0.190. The van der Waals surface area contributed by atoms with Gasteiger partial charge in [0.15, 0.2) is 6.61 Å².